The summed E-state index contributed by atoms with van der Waals surface area (Å²) >= 11 is 0. The first kappa shape index (κ1) is 11.2. The van der Waals surface area contributed by atoms with Crippen LogP contribution >= 0.6 is 0 Å². The smallest absolute Gasteiger partial charge is 0.257 e. The van der Waals surface area contributed by atoms with Gasteiger partial charge < -0.3 is 14.6 Å². The molecule has 1 saturated heterocycles. The molecule has 1 N–H and O–H groups in total. The van der Waals surface area contributed by atoms with Crippen LogP contribution in [0.3, 0.4) is 0 Å². The zero-order valence-corrected chi connectivity index (χ0v) is 10.0. The van der Waals surface area contributed by atoms with Gasteiger partial charge in [-0.05, 0) is 33.4 Å². The Morgan fingerprint density at radius 1 is 1.56 bits per heavy atom. The summed E-state index contributed by atoms with van der Waals surface area (Å²) in [6.45, 7) is 5.32. The predicted octanol–water partition coefficient (Wildman–Crippen LogP) is 1.33. The molecule has 1 atom stereocenters. The Morgan fingerprint density at radius 2 is 2.31 bits per heavy atom. The average molecular weight is 222 g/mol. The highest BCUT2D eigenvalue weighted by atomic mass is 16.3. The highest BCUT2D eigenvalue weighted by Gasteiger charge is 2.27. The second-order valence-electron chi connectivity index (χ2n) is 4.35. The molecule has 16 heavy (non-hydrogen) atoms. The SMILES string of the molecule is CNC1CCN(C(=O)c2cc(C)oc2C)C1. The van der Waals surface area contributed by atoms with Gasteiger partial charge in [-0.15, -0.1) is 0 Å². The Balaban J connectivity index is 2.11. The standard InChI is InChI=1S/C12H18N2O2/c1-8-6-11(9(2)16-8)12(15)14-5-4-10(7-14)13-3/h6,10,13H,4-5,7H2,1-3H3. The van der Waals surface area contributed by atoms with Crippen molar-refractivity contribution in [3.63, 3.8) is 0 Å². The molecular formula is C12H18N2O2. The van der Waals surface area contributed by atoms with Gasteiger partial charge in [0.15, 0.2) is 0 Å². The molecule has 1 aliphatic heterocycles. The number of nitrogens with zero attached hydrogens (tertiary/aromatic N) is 1. The second kappa shape index (κ2) is 4.29. The Hall–Kier alpha value is -1.29. The van der Waals surface area contributed by atoms with Gasteiger partial charge in [0.1, 0.15) is 11.5 Å². The minimum atomic E-state index is 0.0899. The summed E-state index contributed by atoms with van der Waals surface area (Å²) in [7, 11) is 1.94. The van der Waals surface area contributed by atoms with Gasteiger partial charge in [0.25, 0.3) is 5.91 Å². The second-order valence-corrected chi connectivity index (χ2v) is 4.35. The molecule has 4 heteroatoms. The number of furan rings is 1. The number of nitrogens with one attached hydrogen (secondary N) is 1. The topological polar surface area (TPSA) is 45.5 Å². The van der Waals surface area contributed by atoms with E-state index in [0.29, 0.717) is 11.6 Å². The van der Waals surface area contributed by atoms with Crippen LogP contribution < -0.4 is 5.32 Å². The van der Waals surface area contributed by atoms with E-state index >= 15 is 0 Å². The summed E-state index contributed by atoms with van der Waals surface area (Å²) in [6.07, 6.45) is 1.03. The summed E-state index contributed by atoms with van der Waals surface area (Å²) in [6, 6.07) is 2.25. The third-order valence-electron chi connectivity index (χ3n) is 3.16. The largest absolute Gasteiger partial charge is 0.466 e. The summed E-state index contributed by atoms with van der Waals surface area (Å²) in [4.78, 5) is 14.1. The molecule has 0 spiro atoms. The molecule has 1 unspecified atom stereocenters. The van der Waals surface area contributed by atoms with Crippen molar-refractivity contribution in [3.8, 4) is 0 Å². The van der Waals surface area contributed by atoms with Gasteiger partial charge >= 0.3 is 0 Å². The minimum absolute atomic E-state index is 0.0899. The van der Waals surface area contributed by atoms with Crippen molar-refractivity contribution in [1.82, 2.24) is 10.2 Å². The van der Waals surface area contributed by atoms with Crippen molar-refractivity contribution in [2.45, 2.75) is 26.3 Å². The Bertz CT molecular complexity index is 398. The third-order valence-corrected chi connectivity index (χ3v) is 3.16. The monoisotopic (exact) mass is 222 g/mol. The van der Waals surface area contributed by atoms with Gasteiger partial charge in [0, 0.05) is 19.1 Å². The average Bonchev–Trinajstić information content (AvgIpc) is 2.84. The van der Waals surface area contributed by atoms with E-state index < -0.39 is 0 Å². The van der Waals surface area contributed by atoms with Crippen LogP contribution in [0.2, 0.25) is 0 Å². The van der Waals surface area contributed by atoms with Gasteiger partial charge in [0.2, 0.25) is 0 Å². The van der Waals surface area contributed by atoms with E-state index in [-0.39, 0.29) is 5.91 Å². The van der Waals surface area contributed by atoms with Crippen LogP contribution in [0.5, 0.6) is 0 Å². The van der Waals surface area contributed by atoms with Crippen LogP contribution in [0.25, 0.3) is 0 Å². The van der Waals surface area contributed by atoms with Crippen molar-refractivity contribution in [2.75, 3.05) is 20.1 Å². The van der Waals surface area contributed by atoms with Gasteiger partial charge in [-0.25, -0.2) is 0 Å². The quantitative estimate of drug-likeness (QED) is 0.821. The number of carbonyl (C=O) groups is 1. The first-order chi connectivity index (χ1) is 7.61. The van der Waals surface area contributed by atoms with Crippen molar-refractivity contribution < 1.29 is 9.21 Å². The van der Waals surface area contributed by atoms with Crippen LogP contribution in [0, 0.1) is 13.8 Å². The number of rotatable bonds is 2. The Morgan fingerprint density at radius 3 is 2.81 bits per heavy atom. The van der Waals surface area contributed by atoms with Gasteiger partial charge in [-0.3, -0.25) is 4.79 Å². The molecule has 2 rings (SSSR count). The van der Waals surface area contributed by atoms with Crippen LogP contribution in [-0.4, -0.2) is 37.0 Å². The van der Waals surface area contributed by atoms with Crippen molar-refractivity contribution >= 4 is 5.91 Å². The van der Waals surface area contributed by atoms with E-state index in [0.717, 1.165) is 31.0 Å². The fourth-order valence-electron chi connectivity index (χ4n) is 2.19. The van der Waals surface area contributed by atoms with E-state index in [1.165, 1.54) is 0 Å². The van der Waals surface area contributed by atoms with Crippen LogP contribution in [-0.2, 0) is 0 Å². The summed E-state index contributed by atoms with van der Waals surface area (Å²) in [5.41, 5.74) is 0.703. The molecule has 88 valence electrons. The molecule has 1 amide bonds. The maximum absolute atomic E-state index is 12.2. The highest BCUT2D eigenvalue weighted by molar-refractivity contribution is 5.95. The zero-order chi connectivity index (χ0) is 11.7. The van der Waals surface area contributed by atoms with E-state index in [1.54, 1.807) is 0 Å². The number of hydrogen-bond donors (Lipinski definition) is 1. The molecular weight excluding hydrogens is 204 g/mol. The van der Waals surface area contributed by atoms with Gasteiger partial charge in [-0.2, -0.15) is 0 Å². The van der Waals surface area contributed by atoms with Crippen molar-refractivity contribution in [1.29, 1.82) is 0 Å². The fourth-order valence-corrected chi connectivity index (χ4v) is 2.19. The molecule has 1 aromatic rings. The minimum Gasteiger partial charge on any atom is -0.466 e. The Labute approximate surface area is 95.6 Å². The molecule has 1 aliphatic rings. The fraction of sp³-hybridized carbons (Fsp3) is 0.583. The molecule has 1 fully saturated rings. The van der Waals surface area contributed by atoms with E-state index in [1.807, 2.05) is 31.9 Å². The zero-order valence-electron chi connectivity index (χ0n) is 10.0. The molecule has 0 bridgehead atoms. The maximum Gasteiger partial charge on any atom is 0.257 e. The lowest BCUT2D eigenvalue weighted by Crippen LogP contribution is -2.33. The van der Waals surface area contributed by atoms with E-state index in [4.69, 9.17) is 4.42 Å². The maximum atomic E-state index is 12.2. The first-order valence-electron chi connectivity index (χ1n) is 5.65. The molecule has 0 radical (unpaired) electrons. The summed E-state index contributed by atoms with van der Waals surface area (Å²) < 4.78 is 5.39. The number of carbonyl (C=O) groups excluding carboxylic acids is 1. The number of amides is 1. The van der Waals surface area contributed by atoms with E-state index in [2.05, 4.69) is 5.32 Å². The third kappa shape index (κ3) is 1.97. The van der Waals surface area contributed by atoms with Crippen LogP contribution in [0.15, 0.2) is 10.5 Å². The molecule has 1 aromatic heterocycles. The van der Waals surface area contributed by atoms with Crippen LogP contribution in [0.1, 0.15) is 28.3 Å². The van der Waals surface area contributed by atoms with Crippen LogP contribution in [0.4, 0.5) is 0 Å². The lowest BCUT2D eigenvalue weighted by Gasteiger charge is -2.15. The number of likely N-dealkylation sites (tertiary alicyclic amines) is 1. The molecule has 4 nitrogen and oxygen atoms in total. The summed E-state index contributed by atoms with van der Waals surface area (Å²) in [5, 5.41) is 3.20. The molecule has 0 saturated carbocycles. The van der Waals surface area contributed by atoms with E-state index in [9.17, 15) is 4.79 Å². The van der Waals surface area contributed by atoms with Gasteiger partial charge in [0.05, 0.1) is 5.56 Å². The number of aryl methyl sites for hydroxylation is 2. The molecule has 2 heterocycles. The lowest BCUT2D eigenvalue weighted by molar-refractivity contribution is 0.0788. The van der Waals surface area contributed by atoms with Crippen molar-refractivity contribution in [2.24, 2.45) is 0 Å². The summed E-state index contributed by atoms with van der Waals surface area (Å²) in [5.74, 6) is 1.60. The lowest BCUT2D eigenvalue weighted by atomic mass is 10.2. The number of hydrogen-bond acceptors (Lipinski definition) is 3. The number of likely N-dealkylation sites (N-methyl/N-ethyl adjacent to an activating group) is 1. The van der Waals surface area contributed by atoms with Gasteiger partial charge in [-0.1, -0.05) is 0 Å². The first-order valence-corrected chi connectivity index (χ1v) is 5.65. The normalized spacial score (nSPS) is 20.4. The van der Waals surface area contributed by atoms with Crippen molar-refractivity contribution in [3.05, 3.63) is 23.2 Å². The Kier molecular flexibility index (Phi) is 3.01. The highest BCUT2D eigenvalue weighted by Crippen LogP contribution is 2.19. The molecule has 0 aromatic carbocycles. The molecule has 0 aliphatic carbocycles. The predicted molar refractivity (Wildman–Crippen MR) is 61.6 cm³/mol.